The summed E-state index contributed by atoms with van der Waals surface area (Å²) in [5.74, 6) is 0.147. The summed E-state index contributed by atoms with van der Waals surface area (Å²) in [6.07, 6.45) is 2.29. The van der Waals surface area contributed by atoms with E-state index in [-0.39, 0.29) is 5.91 Å². The Balaban J connectivity index is 1.10. The van der Waals surface area contributed by atoms with E-state index in [0.29, 0.717) is 6.42 Å². The largest absolute Gasteiger partial charge is 0.369 e. The van der Waals surface area contributed by atoms with Crippen LogP contribution in [0.25, 0.3) is 10.2 Å². The zero-order chi connectivity index (χ0) is 19.9. The van der Waals surface area contributed by atoms with E-state index in [1.54, 1.807) is 11.3 Å². The number of carbonyl (C=O) groups is 1. The van der Waals surface area contributed by atoms with Crippen molar-refractivity contribution in [2.24, 2.45) is 0 Å². The minimum Gasteiger partial charge on any atom is -0.369 e. The van der Waals surface area contributed by atoms with Gasteiger partial charge in [-0.15, -0.1) is 11.3 Å². The molecule has 1 aromatic heterocycles. The van der Waals surface area contributed by atoms with Gasteiger partial charge >= 0.3 is 0 Å². The molecule has 0 atom stereocenters. The highest BCUT2D eigenvalue weighted by Crippen LogP contribution is 2.22. The summed E-state index contributed by atoms with van der Waals surface area (Å²) >= 11 is 1.73. The van der Waals surface area contributed by atoms with Crippen LogP contribution >= 0.6 is 11.3 Å². The summed E-state index contributed by atoms with van der Waals surface area (Å²) < 4.78 is 1.22. The number of nitrogens with zero attached hydrogens (tertiary/aromatic N) is 3. The van der Waals surface area contributed by atoms with Gasteiger partial charge < -0.3 is 10.2 Å². The van der Waals surface area contributed by atoms with E-state index in [0.717, 1.165) is 62.6 Å². The van der Waals surface area contributed by atoms with E-state index in [1.807, 2.05) is 18.2 Å². The quantitative estimate of drug-likeness (QED) is 0.619. The van der Waals surface area contributed by atoms with Crippen molar-refractivity contribution >= 4 is 33.1 Å². The van der Waals surface area contributed by atoms with Crippen LogP contribution in [0.3, 0.4) is 0 Å². The van der Waals surface area contributed by atoms with Gasteiger partial charge in [0.2, 0.25) is 5.91 Å². The molecule has 0 saturated carbocycles. The van der Waals surface area contributed by atoms with Crippen LogP contribution in [0.4, 0.5) is 5.69 Å². The van der Waals surface area contributed by atoms with Crippen molar-refractivity contribution in [2.75, 3.05) is 44.2 Å². The summed E-state index contributed by atoms with van der Waals surface area (Å²) in [5, 5.41) is 4.20. The molecule has 29 heavy (non-hydrogen) atoms. The third-order valence-electron chi connectivity index (χ3n) is 5.38. The minimum absolute atomic E-state index is 0.147. The molecule has 1 fully saturated rings. The van der Waals surface area contributed by atoms with Crippen molar-refractivity contribution in [3.8, 4) is 0 Å². The average molecular weight is 409 g/mol. The van der Waals surface area contributed by atoms with Gasteiger partial charge in [0.05, 0.1) is 15.2 Å². The molecule has 4 rings (SSSR count). The Labute approximate surface area is 176 Å². The monoisotopic (exact) mass is 408 g/mol. The Morgan fingerprint density at radius 1 is 1.00 bits per heavy atom. The number of fused-ring (bicyclic) bond motifs is 1. The van der Waals surface area contributed by atoms with Crippen molar-refractivity contribution in [3.63, 3.8) is 0 Å². The normalized spacial score (nSPS) is 15.0. The minimum atomic E-state index is 0.147. The molecule has 1 amide bonds. The zero-order valence-electron chi connectivity index (χ0n) is 16.7. The highest BCUT2D eigenvalue weighted by Gasteiger charge is 2.16. The van der Waals surface area contributed by atoms with E-state index < -0.39 is 0 Å². The van der Waals surface area contributed by atoms with Crippen LogP contribution < -0.4 is 10.2 Å². The number of para-hydroxylation sites is 2. The van der Waals surface area contributed by atoms with Crippen molar-refractivity contribution in [1.82, 2.24) is 15.2 Å². The molecule has 0 radical (unpaired) electrons. The lowest BCUT2D eigenvalue weighted by atomic mass is 10.2. The first-order valence-corrected chi connectivity index (χ1v) is 11.2. The lowest BCUT2D eigenvalue weighted by Gasteiger charge is -2.36. The lowest BCUT2D eigenvalue weighted by Crippen LogP contribution is -2.48. The molecule has 2 aromatic carbocycles. The van der Waals surface area contributed by atoms with Crippen LogP contribution in [0, 0.1) is 0 Å². The molecule has 1 aliphatic rings. The molecule has 1 aliphatic heterocycles. The van der Waals surface area contributed by atoms with Crippen LogP contribution in [0.5, 0.6) is 0 Å². The number of hydrogen-bond donors (Lipinski definition) is 1. The molecule has 5 nitrogen and oxygen atoms in total. The number of aryl methyl sites for hydroxylation is 1. The first-order valence-electron chi connectivity index (χ1n) is 10.4. The number of benzene rings is 2. The number of thiazole rings is 1. The number of piperazine rings is 1. The molecule has 0 spiro atoms. The van der Waals surface area contributed by atoms with Gasteiger partial charge in [-0.3, -0.25) is 9.69 Å². The summed E-state index contributed by atoms with van der Waals surface area (Å²) in [6, 6.07) is 18.8. The predicted octanol–water partition coefficient (Wildman–Crippen LogP) is 3.56. The Bertz CT molecular complexity index is 886. The summed E-state index contributed by atoms with van der Waals surface area (Å²) in [7, 11) is 0. The molecule has 1 saturated heterocycles. The highest BCUT2D eigenvalue weighted by atomic mass is 32.1. The smallest absolute Gasteiger partial charge is 0.220 e. The Kier molecular flexibility index (Phi) is 6.75. The molecule has 0 unspecified atom stereocenters. The summed E-state index contributed by atoms with van der Waals surface area (Å²) in [5.41, 5.74) is 2.36. The number of nitrogens with one attached hydrogen (secondary N) is 1. The van der Waals surface area contributed by atoms with Gasteiger partial charge in [-0.2, -0.15) is 0 Å². The molecule has 1 N–H and O–H groups in total. The van der Waals surface area contributed by atoms with E-state index >= 15 is 0 Å². The average Bonchev–Trinajstić information content (AvgIpc) is 3.18. The van der Waals surface area contributed by atoms with Gasteiger partial charge in [0.1, 0.15) is 0 Å². The summed E-state index contributed by atoms with van der Waals surface area (Å²) in [6.45, 7) is 5.82. The van der Waals surface area contributed by atoms with Crippen molar-refractivity contribution in [3.05, 3.63) is 59.6 Å². The molecular weight excluding hydrogens is 380 g/mol. The third-order valence-corrected chi connectivity index (χ3v) is 6.47. The van der Waals surface area contributed by atoms with Crippen molar-refractivity contribution < 1.29 is 4.79 Å². The molecule has 0 bridgehead atoms. The SMILES string of the molecule is O=C(CCCc1nc2ccccc2s1)NCCN1CCN(c2ccccc2)CC1. The lowest BCUT2D eigenvalue weighted by molar-refractivity contribution is -0.121. The van der Waals surface area contributed by atoms with E-state index in [4.69, 9.17) is 0 Å². The second kappa shape index (κ2) is 9.85. The Morgan fingerprint density at radius 2 is 1.76 bits per heavy atom. The Morgan fingerprint density at radius 3 is 2.55 bits per heavy atom. The number of hydrogen-bond acceptors (Lipinski definition) is 5. The van der Waals surface area contributed by atoms with Gasteiger partial charge in [-0.1, -0.05) is 30.3 Å². The van der Waals surface area contributed by atoms with Crippen LogP contribution in [0.2, 0.25) is 0 Å². The highest BCUT2D eigenvalue weighted by molar-refractivity contribution is 7.18. The maximum Gasteiger partial charge on any atom is 0.220 e. The van der Waals surface area contributed by atoms with Gasteiger partial charge in [0, 0.05) is 51.4 Å². The van der Waals surface area contributed by atoms with Crippen LogP contribution in [-0.2, 0) is 11.2 Å². The first kappa shape index (κ1) is 19.9. The number of carbonyl (C=O) groups excluding carboxylic acids is 1. The van der Waals surface area contributed by atoms with E-state index in [2.05, 4.69) is 56.5 Å². The third kappa shape index (κ3) is 5.55. The number of rotatable bonds is 8. The number of aromatic nitrogens is 1. The van der Waals surface area contributed by atoms with Gasteiger partial charge in [0.25, 0.3) is 0 Å². The van der Waals surface area contributed by atoms with E-state index in [9.17, 15) is 4.79 Å². The number of anilines is 1. The zero-order valence-corrected chi connectivity index (χ0v) is 17.5. The first-order chi connectivity index (χ1) is 14.3. The van der Waals surface area contributed by atoms with Crippen LogP contribution in [0.15, 0.2) is 54.6 Å². The second-order valence-corrected chi connectivity index (χ2v) is 8.56. The fourth-order valence-corrected chi connectivity index (χ4v) is 4.75. The topological polar surface area (TPSA) is 48.5 Å². The van der Waals surface area contributed by atoms with Crippen LogP contribution in [-0.4, -0.2) is 55.1 Å². The molecular formula is C23H28N4OS. The predicted molar refractivity (Wildman–Crippen MR) is 121 cm³/mol. The molecule has 152 valence electrons. The van der Waals surface area contributed by atoms with Crippen molar-refractivity contribution in [1.29, 1.82) is 0 Å². The number of amides is 1. The summed E-state index contributed by atoms with van der Waals surface area (Å²) in [4.78, 5) is 21.6. The van der Waals surface area contributed by atoms with Gasteiger partial charge in [-0.05, 0) is 37.1 Å². The van der Waals surface area contributed by atoms with E-state index in [1.165, 1.54) is 10.4 Å². The Hall–Kier alpha value is -2.44. The van der Waals surface area contributed by atoms with Crippen LogP contribution in [0.1, 0.15) is 17.8 Å². The second-order valence-electron chi connectivity index (χ2n) is 7.44. The van der Waals surface area contributed by atoms with Crippen molar-refractivity contribution in [2.45, 2.75) is 19.3 Å². The molecule has 0 aliphatic carbocycles. The maximum absolute atomic E-state index is 12.1. The molecule has 3 aromatic rings. The van der Waals surface area contributed by atoms with Gasteiger partial charge in [-0.25, -0.2) is 4.98 Å². The maximum atomic E-state index is 12.1. The fraction of sp³-hybridized carbons (Fsp3) is 0.391. The molecule has 2 heterocycles. The van der Waals surface area contributed by atoms with Gasteiger partial charge in [0.15, 0.2) is 0 Å². The fourth-order valence-electron chi connectivity index (χ4n) is 3.74. The molecule has 6 heteroatoms. The standard InChI is InChI=1S/C23H28N4OS/c28-22(11-6-12-23-25-20-9-4-5-10-21(20)29-23)24-13-14-26-15-17-27(18-16-26)19-7-2-1-3-8-19/h1-5,7-10H,6,11-18H2,(H,24,28).